The topological polar surface area (TPSA) is 77.2 Å². The van der Waals surface area contributed by atoms with Gasteiger partial charge in [-0.1, -0.05) is 41.9 Å². The number of hydrogen-bond donors (Lipinski definition) is 2. The minimum absolute atomic E-state index is 0.0616. The number of amides is 1. The molecule has 0 bridgehead atoms. The van der Waals surface area contributed by atoms with E-state index >= 15 is 0 Å². The molecule has 2 aromatic carbocycles. The van der Waals surface area contributed by atoms with E-state index in [4.69, 9.17) is 22.1 Å². The van der Waals surface area contributed by atoms with E-state index in [0.29, 0.717) is 17.4 Å². The minimum atomic E-state index is -0.562. The summed E-state index contributed by atoms with van der Waals surface area (Å²) >= 11 is 6.22. The third-order valence-corrected chi connectivity index (χ3v) is 4.21. The predicted molar refractivity (Wildman–Crippen MR) is 105 cm³/mol. The van der Waals surface area contributed by atoms with E-state index in [1.807, 2.05) is 38.1 Å². The van der Waals surface area contributed by atoms with Crippen LogP contribution in [0.25, 0.3) is 10.8 Å². The second kappa shape index (κ2) is 7.62. The Balaban J connectivity index is 1.93. The molecule has 0 fully saturated rings. The van der Waals surface area contributed by atoms with Gasteiger partial charge in [-0.25, -0.2) is 4.98 Å². The summed E-state index contributed by atoms with van der Waals surface area (Å²) in [4.78, 5) is 15.4. The fourth-order valence-electron chi connectivity index (χ4n) is 2.74. The SMILES string of the molecule is CC(C)Oc1ccc2ccccc2c1CNc1ncc(C(N)=O)cc1Cl. The number of anilines is 1. The number of rotatable bonds is 6. The molecular formula is C20H20ClN3O2. The Morgan fingerprint density at radius 3 is 2.73 bits per heavy atom. The maximum atomic E-state index is 11.2. The van der Waals surface area contributed by atoms with E-state index in [9.17, 15) is 4.79 Å². The first-order valence-electron chi connectivity index (χ1n) is 8.32. The standard InChI is InChI=1S/C20H20ClN3O2/c1-12(2)26-18-8-7-13-5-3-4-6-15(13)16(18)11-24-20-17(21)9-14(10-23-20)19(22)25/h3-10,12H,11H2,1-2H3,(H2,22,25)(H,23,24). The van der Waals surface area contributed by atoms with Gasteiger partial charge in [-0.05, 0) is 36.8 Å². The Labute approximate surface area is 157 Å². The van der Waals surface area contributed by atoms with Crippen molar-refractivity contribution in [1.29, 1.82) is 0 Å². The number of nitrogens with two attached hydrogens (primary N) is 1. The molecule has 1 aromatic heterocycles. The van der Waals surface area contributed by atoms with Gasteiger partial charge in [-0.2, -0.15) is 0 Å². The lowest BCUT2D eigenvalue weighted by atomic mass is 10.0. The van der Waals surface area contributed by atoms with E-state index in [2.05, 4.69) is 22.4 Å². The van der Waals surface area contributed by atoms with Crippen LogP contribution in [0.3, 0.4) is 0 Å². The second-order valence-corrected chi connectivity index (χ2v) is 6.61. The Kier molecular flexibility index (Phi) is 5.28. The normalized spacial score (nSPS) is 10.9. The zero-order chi connectivity index (χ0) is 18.7. The van der Waals surface area contributed by atoms with Crippen LogP contribution in [-0.2, 0) is 6.54 Å². The molecule has 134 valence electrons. The first-order chi connectivity index (χ1) is 12.5. The van der Waals surface area contributed by atoms with Crippen molar-refractivity contribution in [2.75, 3.05) is 5.32 Å². The van der Waals surface area contributed by atoms with Crippen LogP contribution in [-0.4, -0.2) is 17.0 Å². The molecule has 0 atom stereocenters. The highest BCUT2D eigenvalue weighted by Gasteiger charge is 2.12. The number of carbonyl (C=O) groups is 1. The van der Waals surface area contributed by atoms with Crippen LogP contribution in [0.1, 0.15) is 29.8 Å². The zero-order valence-corrected chi connectivity index (χ0v) is 15.4. The van der Waals surface area contributed by atoms with E-state index in [1.54, 1.807) is 0 Å². The molecule has 26 heavy (non-hydrogen) atoms. The number of aromatic nitrogens is 1. The van der Waals surface area contributed by atoms with Crippen LogP contribution in [0.15, 0.2) is 48.7 Å². The van der Waals surface area contributed by atoms with Crippen LogP contribution in [0.2, 0.25) is 5.02 Å². The van der Waals surface area contributed by atoms with Crippen molar-refractivity contribution in [2.45, 2.75) is 26.5 Å². The molecule has 0 aliphatic rings. The average Bonchev–Trinajstić information content (AvgIpc) is 2.61. The summed E-state index contributed by atoms with van der Waals surface area (Å²) in [5, 5.41) is 5.79. The van der Waals surface area contributed by atoms with E-state index in [0.717, 1.165) is 22.1 Å². The maximum absolute atomic E-state index is 11.2. The zero-order valence-electron chi connectivity index (χ0n) is 14.6. The molecule has 0 radical (unpaired) electrons. The Morgan fingerprint density at radius 1 is 1.27 bits per heavy atom. The minimum Gasteiger partial charge on any atom is -0.491 e. The molecule has 5 nitrogen and oxygen atoms in total. The predicted octanol–water partition coefficient (Wildman–Crippen LogP) is 4.39. The van der Waals surface area contributed by atoms with Gasteiger partial charge < -0.3 is 15.8 Å². The van der Waals surface area contributed by atoms with Crippen molar-refractivity contribution in [3.63, 3.8) is 0 Å². The van der Waals surface area contributed by atoms with E-state index in [1.165, 1.54) is 12.3 Å². The van der Waals surface area contributed by atoms with Crippen LogP contribution < -0.4 is 15.8 Å². The number of fused-ring (bicyclic) bond motifs is 1. The van der Waals surface area contributed by atoms with Gasteiger partial charge in [-0.3, -0.25) is 4.79 Å². The Hall–Kier alpha value is -2.79. The monoisotopic (exact) mass is 369 g/mol. The lowest BCUT2D eigenvalue weighted by molar-refractivity contribution is 0.1000. The number of nitrogens with one attached hydrogen (secondary N) is 1. The first kappa shape index (κ1) is 18.0. The fourth-order valence-corrected chi connectivity index (χ4v) is 2.97. The summed E-state index contributed by atoms with van der Waals surface area (Å²) in [7, 11) is 0. The van der Waals surface area contributed by atoms with Gasteiger partial charge in [-0.15, -0.1) is 0 Å². The number of hydrogen-bond acceptors (Lipinski definition) is 4. The number of halogens is 1. The molecule has 0 aliphatic carbocycles. The van der Waals surface area contributed by atoms with Gasteiger partial charge in [0.15, 0.2) is 0 Å². The number of pyridine rings is 1. The summed E-state index contributed by atoms with van der Waals surface area (Å²) in [5.74, 6) is 0.740. The van der Waals surface area contributed by atoms with Crippen LogP contribution in [0.4, 0.5) is 5.82 Å². The Morgan fingerprint density at radius 2 is 2.04 bits per heavy atom. The highest BCUT2D eigenvalue weighted by molar-refractivity contribution is 6.33. The van der Waals surface area contributed by atoms with Crippen molar-refractivity contribution in [2.24, 2.45) is 5.73 Å². The lowest BCUT2D eigenvalue weighted by Crippen LogP contribution is -2.13. The van der Waals surface area contributed by atoms with E-state index < -0.39 is 5.91 Å². The van der Waals surface area contributed by atoms with Crippen molar-refractivity contribution in [3.8, 4) is 5.75 Å². The average molecular weight is 370 g/mol. The lowest BCUT2D eigenvalue weighted by Gasteiger charge is -2.17. The summed E-state index contributed by atoms with van der Waals surface area (Å²) in [6.07, 6.45) is 1.47. The number of nitrogens with zero attached hydrogens (tertiary/aromatic N) is 1. The number of primary amides is 1. The molecule has 0 saturated carbocycles. The molecular weight excluding hydrogens is 350 g/mol. The Bertz CT molecular complexity index is 957. The third kappa shape index (κ3) is 3.89. The fraction of sp³-hybridized carbons (Fsp3) is 0.200. The number of benzene rings is 2. The second-order valence-electron chi connectivity index (χ2n) is 6.20. The molecule has 3 aromatic rings. The first-order valence-corrected chi connectivity index (χ1v) is 8.70. The summed E-state index contributed by atoms with van der Waals surface area (Å²) < 4.78 is 5.97. The summed E-state index contributed by atoms with van der Waals surface area (Å²) in [6, 6.07) is 13.7. The highest BCUT2D eigenvalue weighted by Crippen LogP contribution is 2.30. The molecule has 0 spiro atoms. The smallest absolute Gasteiger partial charge is 0.250 e. The van der Waals surface area contributed by atoms with Gasteiger partial charge in [0.2, 0.25) is 5.91 Å². The van der Waals surface area contributed by atoms with Gasteiger partial charge in [0, 0.05) is 18.3 Å². The summed E-state index contributed by atoms with van der Waals surface area (Å²) in [6.45, 7) is 4.47. The van der Waals surface area contributed by atoms with E-state index in [-0.39, 0.29) is 11.7 Å². The molecule has 0 saturated heterocycles. The molecule has 3 rings (SSSR count). The van der Waals surface area contributed by atoms with Gasteiger partial charge in [0.1, 0.15) is 11.6 Å². The maximum Gasteiger partial charge on any atom is 0.250 e. The van der Waals surface area contributed by atoms with Crippen LogP contribution in [0, 0.1) is 0 Å². The molecule has 0 unspecified atom stereocenters. The molecule has 1 amide bonds. The number of ether oxygens (including phenoxy) is 1. The molecule has 3 N–H and O–H groups in total. The van der Waals surface area contributed by atoms with Gasteiger partial charge in [0.25, 0.3) is 0 Å². The quantitative estimate of drug-likeness (QED) is 0.675. The van der Waals surface area contributed by atoms with Crippen molar-refractivity contribution < 1.29 is 9.53 Å². The third-order valence-electron chi connectivity index (χ3n) is 3.92. The largest absolute Gasteiger partial charge is 0.491 e. The summed E-state index contributed by atoms with van der Waals surface area (Å²) in [5.41, 5.74) is 6.55. The molecule has 0 aliphatic heterocycles. The van der Waals surface area contributed by atoms with Crippen molar-refractivity contribution in [3.05, 3.63) is 64.8 Å². The van der Waals surface area contributed by atoms with Gasteiger partial charge >= 0.3 is 0 Å². The van der Waals surface area contributed by atoms with Crippen LogP contribution in [0.5, 0.6) is 5.75 Å². The highest BCUT2D eigenvalue weighted by atomic mass is 35.5. The van der Waals surface area contributed by atoms with Gasteiger partial charge in [0.05, 0.1) is 16.7 Å². The van der Waals surface area contributed by atoms with Crippen molar-refractivity contribution >= 4 is 34.1 Å². The molecule has 1 heterocycles. The number of carbonyl (C=O) groups excluding carboxylic acids is 1. The van der Waals surface area contributed by atoms with Crippen molar-refractivity contribution in [1.82, 2.24) is 4.98 Å². The molecule has 6 heteroatoms. The van der Waals surface area contributed by atoms with Crippen LogP contribution >= 0.6 is 11.6 Å².